The maximum Gasteiger partial charge on any atom is 0.212 e. The van der Waals surface area contributed by atoms with Crippen molar-refractivity contribution in [1.29, 1.82) is 0 Å². The molecule has 3 rings (SSSR count). The van der Waals surface area contributed by atoms with Crippen molar-refractivity contribution in [1.82, 2.24) is 14.9 Å². The number of thioether (sulfide) groups is 1. The Bertz CT molecular complexity index is 844. The number of rotatable bonds is 9. The van der Waals surface area contributed by atoms with Gasteiger partial charge < -0.3 is 14.6 Å². The lowest BCUT2D eigenvalue weighted by molar-refractivity contribution is -0.301. The summed E-state index contributed by atoms with van der Waals surface area (Å²) in [6, 6.07) is 7.56. The number of carboxylic acid groups (broad SMARTS) is 1. The lowest BCUT2D eigenvalue weighted by atomic mass is 9.89. The predicted molar refractivity (Wildman–Crippen MR) is 107 cm³/mol. The summed E-state index contributed by atoms with van der Waals surface area (Å²) in [6.45, 7) is 4.08. The minimum atomic E-state index is -1.14. The van der Waals surface area contributed by atoms with Crippen LogP contribution in [0.3, 0.4) is 0 Å². The maximum atomic E-state index is 10.8. The topological polar surface area (TPSA) is 92.4 Å². The van der Waals surface area contributed by atoms with Crippen molar-refractivity contribution in [2.45, 2.75) is 43.2 Å². The number of carboxylic acids is 1. The van der Waals surface area contributed by atoms with E-state index in [1.807, 2.05) is 24.3 Å². The SMILES string of the molecule is C=CCOc1cccc(/C=N\n2c(SCC(=O)[O-])nnc2C2CCCCC2)c1. The molecule has 1 aliphatic carbocycles. The van der Waals surface area contributed by atoms with Gasteiger partial charge in [0.1, 0.15) is 12.4 Å². The Balaban J connectivity index is 1.85. The first-order valence-corrected chi connectivity index (χ1v) is 10.3. The van der Waals surface area contributed by atoms with E-state index in [0.29, 0.717) is 11.8 Å². The minimum absolute atomic E-state index is 0.191. The second kappa shape index (κ2) is 10.1. The molecule has 1 fully saturated rings. The summed E-state index contributed by atoms with van der Waals surface area (Å²) in [6.07, 6.45) is 9.04. The third-order valence-electron chi connectivity index (χ3n) is 4.47. The zero-order valence-corrected chi connectivity index (χ0v) is 16.4. The second-order valence-electron chi connectivity index (χ2n) is 6.56. The van der Waals surface area contributed by atoms with E-state index in [2.05, 4.69) is 21.9 Å². The van der Waals surface area contributed by atoms with Crippen LogP contribution in [0, 0.1) is 0 Å². The standard InChI is InChI=1S/C20H24N4O3S/c1-2-11-27-17-10-6-7-15(12-17)13-21-24-19(16-8-4-3-5-9-16)22-23-20(24)28-14-18(25)26/h2,6-7,10,12-13,16H,1,3-5,8-9,11,14H2,(H,25,26)/p-1/b21-13-. The lowest BCUT2D eigenvalue weighted by Gasteiger charge is -2.20. The quantitative estimate of drug-likeness (QED) is 0.366. The highest BCUT2D eigenvalue weighted by molar-refractivity contribution is 7.99. The average Bonchev–Trinajstić information content (AvgIpc) is 3.13. The average molecular weight is 399 g/mol. The van der Waals surface area contributed by atoms with Gasteiger partial charge in [-0.05, 0) is 30.5 Å². The molecule has 148 valence electrons. The van der Waals surface area contributed by atoms with Gasteiger partial charge in [0.25, 0.3) is 0 Å². The van der Waals surface area contributed by atoms with Gasteiger partial charge in [0.2, 0.25) is 5.16 Å². The first-order chi connectivity index (χ1) is 13.7. The molecule has 0 unspecified atom stereocenters. The summed E-state index contributed by atoms with van der Waals surface area (Å²) in [5, 5.41) is 24.4. The number of carbonyl (C=O) groups excluding carboxylic acids is 1. The Morgan fingerprint density at radius 3 is 2.93 bits per heavy atom. The molecule has 0 N–H and O–H groups in total. The van der Waals surface area contributed by atoms with Crippen molar-refractivity contribution in [2.24, 2.45) is 5.10 Å². The molecule has 8 heteroatoms. The Hall–Kier alpha value is -2.61. The van der Waals surface area contributed by atoms with Crippen molar-refractivity contribution < 1.29 is 14.6 Å². The number of carbonyl (C=O) groups is 1. The molecule has 1 aliphatic rings. The van der Waals surface area contributed by atoms with Gasteiger partial charge in [0.05, 0.1) is 12.2 Å². The highest BCUT2D eigenvalue weighted by atomic mass is 32.2. The number of hydrogen-bond donors (Lipinski definition) is 0. The van der Waals surface area contributed by atoms with Gasteiger partial charge in [-0.1, -0.05) is 55.8 Å². The van der Waals surface area contributed by atoms with E-state index in [4.69, 9.17) is 4.74 Å². The van der Waals surface area contributed by atoms with E-state index in [0.717, 1.165) is 54.6 Å². The van der Waals surface area contributed by atoms with Crippen LogP contribution in [-0.2, 0) is 4.79 Å². The number of nitrogens with zero attached hydrogens (tertiary/aromatic N) is 4. The molecule has 0 amide bonds. The summed E-state index contributed by atoms with van der Waals surface area (Å²) >= 11 is 1.07. The number of benzene rings is 1. The highest BCUT2D eigenvalue weighted by Gasteiger charge is 2.23. The fraction of sp³-hybridized carbons (Fsp3) is 0.400. The van der Waals surface area contributed by atoms with Gasteiger partial charge in [-0.15, -0.1) is 10.2 Å². The van der Waals surface area contributed by atoms with E-state index < -0.39 is 5.97 Å². The van der Waals surface area contributed by atoms with Crippen LogP contribution in [0.2, 0.25) is 0 Å². The summed E-state index contributed by atoms with van der Waals surface area (Å²) in [4.78, 5) is 10.8. The molecule has 0 saturated heterocycles. The van der Waals surface area contributed by atoms with Gasteiger partial charge in [-0.25, -0.2) is 0 Å². The third kappa shape index (κ3) is 5.45. The lowest BCUT2D eigenvalue weighted by Crippen LogP contribution is -2.24. The zero-order valence-electron chi connectivity index (χ0n) is 15.6. The number of aromatic nitrogens is 3. The van der Waals surface area contributed by atoms with Crippen LogP contribution in [0.15, 0.2) is 47.2 Å². The second-order valence-corrected chi connectivity index (χ2v) is 7.51. The Morgan fingerprint density at radius 1 is 1.36 bits per heavy atom. The first kappa shape index (κ1) is 20.1. The Labute approximate surface area is 168 Å². The van der Waals surface area contributed by atoms with Gasteiger partial charge in [0, 0.05) is 11.7 Å². The molecule has 0 atom stereocenters. The van der Waals surface area contributed by atoms with Crippen LogP contribution in [-0.4, -0.2) is 39.4 Å². The minimum Gasteiger partial charge on any atom is -0.549 e. The molecular weight excluding hydrogens is 376 g/mol. The van der Waals surface area contributed by atoms with Gasteiger partial charge >= 0.3 is 0 Å². The van der Waals surface area contributed by atoms with Crippen molar-refractivity contribution in [3.8, 4) is 5.75 Å². The largest absolute Gasteiger partial charge is 0.549 e. The van der Waals surface area contributed by atoms with Crippen molar-refractivity contribution in [3.05, 3.63) is 48.3 Å². The van der Waals surface area contributed by atoms with Crippen LogP contribution in [0.25, 0.3) is 0 Å². The normalized spacial score (nSPS) is 15.0. The number of ether oxygens (including phenoxy) is 1. The van der Waals surface area contributed by atoms with Crippen molar-refractivity contribution >= 4 is 23.9 Å². The molecule has 1 aromatic carbocycles. The first-order valence-electron chi connectivity index (χ1n) is 9.33. The summed E-state index contributed by atoms with van der Waals surface area (Å²) < 4.78 is 7.22. The van der Waals surface area contributed by atoms with Crippen molar-refractivity contribution in [2.75, 3.05) is 12.4 Å². The van der Waals surface area contributed by atoms with Crippen LogP contribution in [0.1, 0.15) is 49.4 Å². The molecule has 1 saturated carbocycles. The molecule has 0 bridgehead atoms. The third-order valence-corrected chi connectivity index (χ3v) is 5.37. The Kier molecular flexibility index (Phi) is 7.25. The van der Waals surface area contributed by atoms with E-state index in [1.165, 1.54) is 6.42 Å². The van der Waals surface area contributed by atoms with Crippen LogP contribution in [0.4, 0.5) is 0 Å². The molecule has 0 radical (unpaired) electrons. The van der Waals surface area contributed by atoms with Gasteiger partial charge in [-0.2, -0.15) is 9.78 Å². The fourth-order valence-electron chi connectivity index (χ4n) is 3.18. The smallest absolute Gasteiger partial charge is 0.212 e. The Morgan fingerprint density at radius 2 is 2.18 bits per heavy atom. The van der Waals surface area contributed by atoms with Crippen molar-refractivity contribution in [3.63, 3.8) is 0 Å². The zero-order chi connectivity index (χ0) is 19.8. The molecule has 0 aliphatic heterocycles. The van der Waals surface area contributed by atoms with E-state index in [1.54, 1.807) is 17.0 Å². The summed E-state index contributed by atoms with van der Waals surface area (Å²) in [5.74, 6) is 0.471. The maximum absolute atomic E-state index is 10.8. The van der Waals surface area contributed by atoms with Crippen LogP contribution < -0.4 is 9.84 Å². The summed E-state index contributed by atoms with van der Waals surface area (Å²) in [7, 11) is 0. The number of hydrogen-bond acceptors (Lipinski definition) is 7. The summed E-state index contributed by atoms with van der Waals surface area (Å²) in [5.41, 5.74) is 0.862. The van der Waals surface area contributed by atoms with E-state index >= 15 is 0 Å². The fourth-order valence-corrected chi connectivity index (χ4v) is 3.79. The van der Waals surface area contributed by atoms with Gasteiger partial charge in [-0.3, -0.25) is 0 Å². The highest BCUT2D eigenvalue weighted by Crippen LogP contribution is 2.33. The molecule has 7 nitrogen and oxygen atoms in total. The van der Waals surface area contributed by atoms with E-state index in [-0.39, 0.29) is 11.7 Å². The molecule has 1 heterocycles. The van der Waals surface area contributed by atoms with E-state index in [9.17, 15) is 9.90 Å². The molecule has 0 spiro atoms. The predicted octanol–water partition coefficient (Wildman–Crippen LogP) is 2.61. The molecule has 1 aromatic heterocycles. The molecular formula is C20H23N4O3S-. The van der Waals surface area contributed by atoms with Crippen LogP contribution in [0.5, 0.6) is 5.75 Å². The number of aliphatic carboxylic acids is 1. The molecule has 28 heavy (non-hydrogen) atoms. The monoisotopic (exact) mass is 399 g/mol. The molecule has 2 aromatic rings. The van der Waals surface area contributed by atoms with Gasteiger partial charge in [0.15, 0.2) is 5.82 Å². The van der Waals surface area contributed by atoms with Crippen LogP contribution >= 0.6 is 11.8 Å².